The van der Waals surface area contributed by atoms with Gasteiger partial charge in [-0.15, -0.1) is 0 Å². The van der Waals surface area contributed by atoms with Crippen molar-refractivity contribution in [3.63, 3.8) is 0 Å². The maximum absolute atomic E-state index is 6.79. The predicted octanol–water partition coefficient (Wildman–Crippen LogP) is 10.7. The Hall–Kier alpha value is -2.50. The molecule has 4 heteroatoms. The van der Waals surface area contributed by atoms with E-state index in [-0.39, 0.29) is 35.4 Å². The van der Waals surface area contributed by atoms with E-state index in [1.165, 1.54) is 11.1 Å². The third-order valence-corrected chi connectivity index (χ3v) is 7.79. The van der Waals surface area contributed by atoms with Crippen LogP contribution in [0.25, 0.3) is 0 Å². The van der Waals surface area contributed by atoms with Crippen molar-refractivity contribution in [3.8, 4) is 0 Å². The third kappa shape index (κ3) is 8.76. The zero-order valence-corrected chi connectivity index (χ0v) is 28.3. The lowest BCUT2D eigenvalue weighted by molar-refractivity contribution is -0.273. The number of hydrogen-bond donors (Lipinski definition) is 0. The van der Waals surface area contributed by atoms with Crippen LogP contribution < -0.4 is 0 Å². The number of hydrogen-bond acceptors (Lipinski definition) is 4. The highest BCUT2D eigenvalue weighted by Gasteiger charge is 2.36. The van der Waals surface area contributed by atoms with E-state index in [9.17, 15) is 0 Å². The van der Waals surface area contributed by atoms with Gasteiger partial charge in [0.05, 0.1) is 12.1 Å². The summed E-state index contributed by atoms with van der Waals surface area (Å²) in [5.74, 6) is 0.769. The predicted molar refractivity (Wildman–Crippen MR) is 177 cm³/mol. The quantitative estimate of drug-likeness (QED) is 0.202. The topological polar surface area (TPSA) is 24.9 Å². The van der Waals surface area contributed by atoms with Crippen LogP contribution in [0.1, 0.15) is 130 Å². The van der Waals surface area contributed by atoms with Gasteiger partial charge in [0.2, 0.25) is 0 Å². The molecule has 0 spiro atoms. The molecular formula is C38H56N2O2. The summed E-state index contributed by atoms with van der Waals surface area (Å²) in [7, 11) is 0. The summed E-state index contributed by atoms with van der Waals surface area (Å²) in [6, 6.07) is 30.4. The van der Waals surface area contributed by atoms with Gasteiger partial charge in [-0.1, -0.05) is 113 Å². The molecule has 230 valence electrons. The maximum atomic E-state index is 6.79. The molecule has 3 rings (SSSR count). The standard InChI is InChI=1S/C38H56N2O2/c1-27(2)35(33-19-15-13-16-20-33)39(37(7,8)9)41-29(5)31-23-25-32(26-24-31)30(6)42-40(38(10,11)12)36(28(3)4)34-21-17-14-18-22-34/h13-30,35-36H,1-12H3. The Kier molecular flexibility index (Phi) is 11.6. The van der Waals surface area contributed by atoms with Gasteiger partial charge < -0.3 is 0 Å². The fourth-order valence-electron chi connectivity index (χ4n) is 5.66. The van der Waals surface area contributed by atoms with Crippen LogP contribution in [0, 0.1) is 11.8 Å². The Labute approximate surface area is 256 Å². The van der Waals surface area contributed by atoms with Crippen LogP contribution in [0.15, 0.2) is 84.9 Å². The van der Waals surface area contributed by atoms with Crippen LogP contribution in [0.3, 0.4) is 0 Å². The Morgan fingerprint density at radius 3 is 0.952 bits per heavy atom. The summed E-state index contributed by atoms with van der Waals surface area (Å²) in [5.41, 5.74) is 4.48. The van der Waals surface area contributed by atoms with Crippen LogP contribution in [0.5, 0.6) is 0 Å². The first-order chi connectivity index (χ1) is 19.6. The number of hydroxylamine groups is 4. The lowest BCUT2D eigenvalue weighted by atomic mass is 9.92. The van der Waals surface area contributed by atoms with E-state index in [0.29, 0.717) is 11.8 Å². The molecule has 0 saturated heterocycles. The highest BCUT2D eigenvalue weighted by molar-refractivity contribution is 5.26. The molecule has 4 unspecified atom stereocenters. The van der Waals surface area contributed by atoms with Crippen molar-refractivity contribution in [3.05, 3.63) is 107 Å². The van der Waals surface area contributed by atoms with Crippen molar-refractivity contribution in [1.29, 1.82) is 0 Å². The molecule has 0 aliphatic rings. The maximum Gasteiger partial charge on any atom is 0.102 e. The number of rotatable bonds is 12. The minimum atomic E-state index is -0.177. The van der Waals surface area contributed by atoms with Crippen LogP contribution in [-0.4, -0.2) is 21.2 Å². The third-order valence-electron chi connectivity index (χ3n) is 7.79. The zero-order valence-electron chi connectivity index (χ0n) is 28.3. The smallest absolute Gasteiger partial charge is 0.102 e. The molecule has 0 heterocycles. The molecule has 3 aromatic carbocycles. The van der Waals surface area contributed by atoms with Crippen molar-refractivity contribution in [1.82, 2.24) is 10.1 Å². The van der Waals surface area contributed by atoms with E-state index in [0.717, 1.165) is 11.1 Å². The fraction of sp³-hybridized carbons (Fsp3) is 0.526. The van der Waals surface area contributed by atoms with E-state index in [4.69, 9.17) is 9.68 Å². The second-order valence-corrected chi connectivity index (χ2v) is 14.4. The van der Waals surface area contributed by atoms with Gasteiger partial charge in [-0.05, 0) is 89.5 Å². The molecule has 3 aromatic rings. The van der Waals surface area contributed by atoms with Crippen LogP contribution in [0.4, 0.5) is 0 Å². The first-order valence-corrected chi connectivity index (χ1v) is 15.7. The first-order valence-electron chi connectivity index (χ1n) is 15.7. The zero-order chi connectivity index (χ0) is 31.2. The second-order valence-electron chi connectivity index (χ2n) is 14.4. The lowest BCUT2D eigenvalue weighted by Crippen LogP contribution is -2.46. The minimum Gasteiger partial charge on any atom is -0.290 e. The molecule has 0 aromatic heterocycles. The van der Waals surface area contributed by atoms with E-state index >= 15 is 0 Å². The molecule has 42 heavy (non-hydrogen) atoms. The summed E-state index contributed by atoms with van der Waals surface area (Å²) in [4.78, 5) is 13.6. The summed E-state index contributed by atoms with van der Waals surface area (Å²) in [6.07, 6.45) is -0.206. The first kappa shape index (κ1) is 34.0. The largest absolute Gasteiger partial charge is 0.290 e. The Morgan fingerprint density at radius 2 is 0.714 bits per heavy atom. The average molecular weight is 573 g/mol. The van der Waals surface area contributed by atoms with Crippen molar-refractivity contribution < 1.29 is 9.68 Å². The molecular weight excluding hydrogens is 516 g/mol. The summed E-state index contributed by atoms with van der Waals surface area (Å²) >= 11 is 0. The van der Waals surface area contributed by atoms with E-state index < -0.39 is 0 Å². The average Bonchev–Trinajstić information content (AvgIpc) is 2.92. The van der Waals surface area contributed by atoms with E-state index in [2.05, 4.69) is 178 Å². The van der Waals surface area contributed by atoms with Gasteiger partial charge in [0.25, 0.3) is 0 Å². The normalized spacial score (nSPS) is 15.8. The number of benzene rings is 3. The molecule has 0 aliphatic carbocycles. The van der Waals surface area contributed by atoms with Crippen molar-refractivity contribution in [2.24, 2.45) is 11.8 Å². The van der Waals surface area contributed by atoms with Gasteiger partial charge in [0.15, 0.2) is 0 Å². The van der Waals surface area contributed by atoms with Gasteiger partial charge in [-0.25, -0.2) is 0 Å². The molecule has 0 radical (unpaired) electrons. The van der Waals surface area contributed by atoms with Gasteiger partial charge >= 0.3 is 0 Å². The summed E-state index contributed by atoms with van der Waals surface area (Å²) in [5, 5.41) is 4.41. The van der Waals surface area contributed by atoms with Crippen molar-refractivity contribution >= 4 is 0 Å². The highest BCUT2D eigenvalue weighted by atomic mass is 16.7. The lowest BCUT2D eigenvalue weighted by Gasteiger charge is -2.44. The van der Waals surface area contributed by atoms with Gasteiger partial charge in [-0.3, -0.25) is 9.68 Å². The van der Waals surface area contributed by atoms with E-state index in [1.54, 1.807) is 0 Å². The Bertz CT molecular complexity index is 1100. The van der Waals surface area contributed by atoms with Gasteiger partial charge in [-0.2, -0.15) is 10.1 Å². The molecule has 0 fully saturated rings. The van der Waals surface area contributed by atoms with Gasteiger partial charge in [0, 0.05) is 11.1 Å². The summed E-state index contributed by atoms with van der Waals surface area (Å²) < 4.78 is 0. The molecule has 4 atom stereocenters. The fourth-order valence-corrected chi connectivity index (χ4v) is 5.66. The molecule has 0 N–H and O–H groups in total. The van der Waals surface area contributed by atoms with Crippen molar-refractivity contribution in [2.75, 3.05) is 0 Å². The SMILES string of the molecule is CC(ON(C(c1ccccc1)C(C)C)C(C)(C)C)c1ccc(C(C)ON(C(c2ccccc2)C(C)C)C(C)(C)C)cc1. The second kappa shape index (κ2) is 14.3. The Morgan fingerprint density at radius 1 is 0.429 bits per heavy atom. The monoisotopic (exact) mass is 572 g/mol. The molecule has 0 saturated carbocycles. The van der Waals surface area contributed by atoms with Crippen LogP contribution >= 0.6 is 0 Å². The highest BCUT2D eigenvalue weighted by Crippen LogP contribution is 2.39. The van der Waals surface area contributed by atoms with Crippen LogP contribution in [0.2, 0.25) is 0 Å². The molecule has 4 nitrogen and oxygen atoms in total. The summed E-state index contributed by atoms with van der Waals surface area (Å²) in [6.45, 7) is 26.7. The molecule has 0 bridgehead atoms. The van der Waals surface area contributed by atoms with Crippen molar-refractivity contribution in [2.45, 2.75) is 118 Å². The molecule has 0 aliphatic heterocycles. The molecule has 0 amide bonds. The van der Waals surface area contributed by atoms with Crippen LogP contribution in [-0.2, 0) is 9.68 Å². The van der Waals surface area contributed by atoms with E-state index in [1.807, 2.05) is 0 Å². The Balaban J connectivity index is 1.81. The number of nitrogens with zero attached hydrogens (tertiary/aromatic N) is 2. The minimum absolute atomic E-state index is 0.103. The van der Waals surface area contributed by atoms with Gasteiger partial charge in [0.1, 0.15) is 12.2 Å².